The molecule has 2 saturated heterocycles. The number of carbonyl (C=O) groups is 3. The Morgan fingerprint density at radius 3 is 2.38 bits per heavy atom. The minimum absolute atomic E-state index is 0.0498. The monoisotopic (exact) mass is 577 g/mol. The van der Waals surface area contributed by atoms with Crippen LogP contribution in [-0.2, 0) is 35.0 Å². The maximum atomic E-state index is 12.5. The van der Waals surface area contributed by atoms with Crippen LogP contribution in [0.25, 0.3) is 0 Å². The molecule has 2 aliphatic heterocycles. The van der Waals surface area contributed by atoms with Gasteiger partial charge in [-0.05, 0) is 24.0 Å². The summed E-state index contributed by atoms with van der Waals surface area (Å²) in [5.74, 6) is -7.13. The third-order valence-electron chi connectivity index (χ3n) is 7.53. The molecule has 12 nitrogen and oxygen atoms in total. The fourth-order valence-electron chi connectivity index (χ4n) is 5.57. The predicted octanol–water partition coefficient (Wildman–Crippen LogP) is 1.45. The van der Waals surface area contributed by atoms with Gasteiger partial charge in [0.25, 0.3) is 0 Å². The fraction of sp³-hybridized carbons (Fsp3) is 0.481. The number of rotatable bonds is 11. The van der Waals surface area contributed by atoms with Gasteiger partial charge in [-0.3, -0.25) is 4.79 Å². The van der Waals surface area contributed by atoms with Gasteiger partial charge in [0.05, 0.1) is 11.2 Å². The molecular weight excluding hydrogens is 546 g/mol. The number of nitrogens with zero attached hydrogens (tertiary/aromatic N) is 1. The Morgan fingerprint density at radius 1 is 1.15 bits per heavy atom. The number of carboxylic acid groups (broad SMARTS) is 2. The number of esters is 1. The van der Waals surface area contributed by atoms with Crippen molar-refractivity contribution in [2.24, 2.45) is 5.92 Å². The molecule has 2 fully saturated rings. The maximum absolute atomic E-state index is 12.5. The van der Waals surface area contributed by atoms with Crippen LogP contribution in [0, 0.1) is 5.92 Å². The van der Waals surface area contributed by atoms with Crippen LogP contribution in [-0.4, -0.2) is 83.7 Å². The van der Waals surface area contributed by atoms with Gasteiger partial charge in [-0.25, -0.2) is 14.6 Å². The first-order valence-electron chi connectivity index (χ1n) is 12.5. The zero-order valence-electron chi connectivity index (χ0n) is 21.8. The lowest BCUT2D eigenvalue weighted by Gasteiger charge is -2.49. The van der Waals surface area contributed by atoms with Gasteiger partial charge in [-0.15, -0.1) is 11.3 Å². The number of aliphatic hydroxyl groups is 3. The van der Waals surface area contributed by atoms with E-state index < -0.39 is 59.3 Å². The highest BCUT2D eigenvalue weighted by atomic mass is 32.1. The van der Waals surface area contributed by atoms with Crippen molar-refractivity contribution in [1.29, 1.82) is 0 Å². The van der Waals surface area contributed by atoms with E-state index in [1.54, 1.807) is 0 Å². The summed E-state index contributed by atoms with van der Waals surface area (Å²) in [6, 6.07) is 9.50. The molecule has 4 rings (SSSR count). The van der Waals surface area contributed by atoms with Gasteiger partial charge in [-0.2, -0.15) is 0 Å². The highest BCUT2D eigenvalue weighted by Gasteiger charge is 2.83. The second kappa shape index (κ2) is 11.0. The summed E-state index contributed by atoms with van der Waals surface area (Å²) >= 11 is 1.04. The van der Waals surface area contributed by atoms with Crippen molar-refractivity contribution < 1.29 is 54.1 Å². The van der Waals surface area contributed by atoms with Crippen molar-refractivity contribution >= 4 is 29.2 Å². The van der Waals surface area contributed by atoms with Crippen molar-refractivity contribution in [3.05, 3.63) is 64.6 Å². The molecule has 0 radical (unpaired) electrons. The standard InChI is InChI=1S/C27H31NO11S/c1-14(19(37-16(3)29)15(2)11-17-7-5-4-6-8-17)9-10-25-20(30)21(31)27(39-25,24(34)35)26(36,23(32)33)22(38-25)18-12-40-13-28-18/h4-8,12-13,15,19-22,30-31,36H,1,9-11H2,2-3H3,(H,32,33)(H,34,35)/t15-,19-,20-,21-,22-,25+,26-,27+/m1/s1. The number of carboxylic acids is 2. The molecule has 1 aromatic carbocycles. The second-order valence-corrected chi connectivity index (χ2v) is 10.9. The van der Waals surface area contributed by atoms with E-state index in [1.165, 1.54) is 17.8 Å². The molecule has 13 heteroatoms. The SMILES string of the molecule is C=C(CC[C@]12O[C@H](c3cscn3)[C@@](O)(C(=O)O)[C@](C(=O)O)(O1)[C@H](O)[C@H]2O)[C@@H](OC(C)=O)[C@H](C)Cc1ccccc1. The van der Waals surface area contributed by atoms with E-state index in [1.807, 2.05) is 37.3 Å². The summed E-state index contributed by atoms with van der Waals surface area (Å²) in [5.41, 5.74) is -3.99. The van der Waals surface area contributed by atoms with Crippen LogP contribution in [0.15, 0.2) is 53.4 Å². The molecule has 0 unspecified atom stereocenters. The van der Waals surface area contributed by atoms with Gasteiger partial charge in [-0.1, -0.05) is 43.8 Å². The Bertz CT molecular complexity index is 1270. The van der Waals surface area contributed by atoms with E-state index in [2.05, 4.69) is 11.6 Å². The molecule has 40 heavy (non-hydrogen) atoms. The van der Waals surface area contributed by atoms with Gasteiger partial charge in [0, 0.05) is 24.6 Å². The van der Waals surface area contributed by atoms with Crippen LogP contribution < -0.4 is 0 Å². The predicted molar refractivity (Wildman–Crippen MR) is 138 cm³/mol. The summed E-state index contributed by atoms with van der Waals surface area (Å²) in [7, 11) is 0. The topological polar surface area (TPSA) is 193 Å². The molecule has 0 amide bonds. The summed E-state index contributed by atoms with van der Waals surface area (Å²) in [4.78, 5) is 40.8. The third-order valence-corrected chi connectivity index (χ3v) is 8.14. The van der Waals surface area contributed by atoms with E-state index in [4.69, 9.17) is 14.2 Å². The van der Waals surface area contributed by atoms with Crippen LogP contribution >= 0.6 is 11.3 Å². The zero-order chi connectivity index (χ0) is 29.5. The van der Waals surface area contributed by atoms with E-state index >= 15 is 0 Å². The number of benzene rings is 1. The Balaban J connectivity index is 1.66. The molecule has 8 atom stereocenters. The number of aliphatic carboxylic acids is 2. The van der Waals surface area contributed by atoms with Crippen LogP contribution in [0.2, 0.25) is 0 Å². The fourth-order valence-corrected chi connectivity index (χ4v) is 6.14. The van der Waals surface area contributed by atoms with Crippen molar-refractivity contribution in [2.45, 2.75) is 74.5 Å². The first-order chi connectivity index (χ1) is 18.8. The molecule has 2 aliphatic rings. The Morgan fingerprint density at radius 2 is 1.82 bits per heavy atom. The average Bonchev–Trinajstić information content (AvgIpc) is 3.50. The van der Waals surface area contributed by atoms with E-state index in [9.17, 15) is 39.9 Å². The van der Waals surface area contributed by atoms with E-state index in [0.29, 0.717) is 12.0 Å². The number of aromatic nitrogens is 1. The molecule has 216 valence electrons. The van der Waals surface area contributed by atoms with Gasteiger partial charge < -0.3 is 39.7 Å². The summed E-state index contributed by atoms with van der Waals surface area (Å²) in [5, 5.41) is 54.8. The summed E-state index contributed by atoms with van der Waals surface area (Å²) < 4.78 is 17.0. The lowest BCUT2D eigenvalue weighted by atomic mass is 9.74. The first-order valence-corrected chi connectivity index (χ1v) is 13.4. The van der Waals surface area contributed by atoms with Crippen LogP contribution in [0.3, 0.4) is 0 Å². The van der Waals surface area contributed by atoms with Crippen molar-refractivity contribution in [2.75, 3.05) is 0 Å². The number of thiazole rings is 1. The Hall–Kier alpha value is -3.20. The van der Waals surface area contributed by atoms with Crippen LogP contribution in [0.4, 0.5) is 0 Å². The quantitative estimate of drug-likeness (QED) is 0.191. The normalized spacial score (nSPS) is 32.7. The lowest BCUT2D eigenvalue weighted by molar-refractivity contribution is -0.383. The number of ether oxygens (including phenoxy) is 3. The smallest absolute Gasteiger partial charge is 0.342 e. The van der Waals surface area contributed by atoms with Gasteiger partial charge in [0.1, 0.15) is 24.4 Å². The van der Waals surface area contributed by atoms with Gasteiger partial charge in [0.2, 0.25) is 11.2 Å². The number of carbonyl (C=O) groups excluding carboxylic acids is 1. The van der Waals surface area contributed by atoms with Crippen LogP contribution in [0.5, 0.6) is 0 Å². The van der Waals surface area contributed by atoms with E-state index in [0.717, 1.165) is 16.9 Å². The molecule has 3 heterocycles. The third kappa shape index (κ3) is 4.72. The summed E-state index contributed by atoms with van der Waals surface area (Å²) in [6.45, 7) is 7.18. The number of hydrogen-bond acceptors (Lipinski definition) is 11. The Kier molecular flexibility index (Phi) is 8.18. The summed E-state index contributed by atoms with van der Waals surface area (Å²) in [6.07, 6.45) is -7.03. The molecule has 1 aromatic heterocycles. The second-order valence-electron chi connectivity index (χ2n) is 10.2. The van der Waals surface area contributed by atoms with Crippen LogP contribution in [0.1, 0.15) is 44.1 Å². The van der Waals surface area contributed by atoms with E-state index in [-0.39, 0.29) is 24.5 Å². The lowest BCUT2D eigenvalue weighted by Crippen LogP contribution is -2.73. The number of hydrogen-bond donors (Lipinski definition) is 5. The zero-order valence-corrected chi connectivity index (χ0v) is 22.6. The maximum Gasteiger partial charge on any atom is 0.342 e. The minimum atomic E-state index is -3.37. The van der Waals surface area contributed by atoms with Crippen molar-refractivity contribution in [3.63, 3.8) is 0 Å². The first kappa shape index (κ1) is 29.8. The molecule has 0 aliphatic carbocycles. The molecular formula is C27H31NO11S. The molecule has 5 N–H and O–H groups in total. The number of fused-ring (bicyclic) bond motifs is 2. The van der Waals surface area contributed by atoms with Gasteiger partial charge in [0.15, 0.2) is 5.79 Å². The number of aliphatic hydroxyl groups excluding tert-OH is 2. The van der Waals surface area contributed by atoms with Gasteiger partial charge >= 0.3 is 17.9 Å². The van der Waals surface area contributed by atoms with Crippen molar-refractivity contribution in [3.8, 4) is 0 Å². The molecule has 0 saturated carbocycles. The Labute approximate surface area is 233 Å². The molecule has 0 spiro atoms. The average molecular weight is 578 g/mol. The van der Waals surface area contributed by atoms with Crippen molar-refractivity contribution in [1.82, 2.24) is 4.98 Å². The highest BCUT2D eigenvalue weighted by Crippen LogP contribution is 2.58. The highest BCUT2D eigenvalue weighted by molar-refractivity contribution is 7.07. The largest absolute Gasteiger partial charge is 0.479 e. The minimum Gasteiger partial charge on any atom is -0.479 e. The molecule has 2 bridgehead atoms. The molecule has 2 aromatic rings.